The van der Waals surface area contributed by atoms with Gasteiger partial charge < -0.3 is 10.1 Å². The second kappa shape index (κ2) is 5.64. The SMILES string of the molecule is COCC1(c2ccccc2CC2CCCCN2)CC1. The zero-order valence-electron chi connectivity index (χ0n) is 12.0. The van der Waals surface area contributed by atoms with Crippen molar-refractivity contribution in [1.29, 1.82) is 0 Å². The van der Waals surface area contributed by atoms with Crippen LogP contribution in [0.2, 0.25) is 0 Å². The molecular formula is C17H25NO. The zero-order valence-corrected chi connectivity index (χ0v) is 12.0. The summed E-state index contributed by atoms with van der Waals surface area (Å²) in [5.74, 6) is 0. The molecule has 1 unspecified atom stereocenters. The van der Waals surface area contributed by atoms with Gasteiger partial charge in [-0.15, -0.1) is 0 Å². The highest BCUT2D eigenvalue weighted by Crippen LogP contribution is 2.49. The standard InChI is InChI=1S/C17H25NO/c1-19-13-17(9-10-17)16-8-3-2-6-14(16)12-15-7-4-5-11-18-15/h2-3,6,8,15,18H,4-5,7,9-13H2,1H3. The minimum atomic E-state index is 0.333. The molecule has 1 atom stereocenters. The average molecular weight is 259 g/mol. The predicted octanol–water partition coefficient (Wildman–Crippen LogP) is 3.05. The average Bonchev–Trinajstić information content (AvgIpc) is 3.22. The van der Waals surface area contributed by atoms with E-state index >= 15 is 0 Å². The highest BCUT2D eigenvalue weighted by atomic mass is 16.5. The first-order valence-electron chi connectivity index (χ1n) is 7.65. The molecule has 0 amide bonds. The Kier molecular flexibility index (Phi) is 3.90. The number of methoxy groups -OCH3 is 1. The molecule has 1 aliphatic carbocycles. The molecule has 0 spiro atoms. The Morgan fingerprint density at radius 2 is 2.11 bits per heavy atom. The van der Waals surface area contributed by atoms with Crippen LogP contribution in [0.15, 0.2) is 24.3 Å². The molecule has 19 heavy (non-hydrogen) atoms. The number of piperidine rings is 1. The Bertz CT molecular complexity index is 419. The maximum absolute atomic E-state index is 5.45. The van der Waals surface area contributed by atoms with Crippen molar-refractivity contribution < 1.29 is 4.74 Å². The van der Waals surface area contributed by atoms with E-state index in [2.05, 4.69) is 29.6 Å². The maximum Gasteiger partial charge on any atom is 0.0559 e. The smallest absolute Gasteiger partial charge is 0.0559 e. The second-order valence-electron chi connectivity index (χ2n) is 6.22. The van der Waals surface area contributed by atoms with Crippen molar-refractivity contribution >= 4 is 0 Å². The molecule has 3 rings (SSSR count). The normalized spacial score (nSPS) is 25.2. The zero-order chi connectivity index (χ0) is 13.1. The van der Waals surface area contributed by atoms with E-state index in [1.165, 1.54) is 50.6 Å². The van der Waals surface area contributed by atoms with Crippen molar-refractivity contribution in [3.63, 3.8) is 0 Å². The molecule has 0 radical (unpaired) electrons. The molecule has 1 aliphatic heterocycles. The molecule has 1 saturated carbocycles. The van der Waals surface area contributed by atoms with E-state index in [0.717, 1.165) is 6.61 Å². The highest BCUT2D eigenvalue weighted by Gasteiger charge is 2.45. The molecule has 2 nitrogen and oxygen atoms in total. The molecule has 1 saturated heterocycles. The molecule has 1 heterocycles. The number of hydrogen-bond acceptors (Lipinski definition) is 2. The molecule has 2 aliphatic rings. The number of nitrogens with one attached hydrogen (secondary N) is 1. The van der Waals surface area contributed by atoms with Crippen LogP contribution in [-0.2, 0) is 16.6 Å². The quantitative estimate of drug-likeness (QED) is 0.877. The molecule has 2 fully saturated rings. The van der Waals surface area contributed by atoms with Crippen LogP contribution in [0.3, 0.4) is 0 Å². The summed E-state index contributed by atoms with van der Waals surface area (Å²) in [6.07, 6.45) is 7.80. The Hall–Kier alpha value is -0.860. The van der Waals surface area contributed by atoms with E-state index in [4.69, 9.17) is 4.74 Å². The molecule has 2 heteroatoms. The van der Waals surface area contributed by atoms with Crippen molar-refractivity contribution in [2.45, 2.75) is 50.0 Å². The lowest BCUT2D eigenvalue weighted by molar-refractivity contribution is 0.171. The number of benzene rings is 1. The molecule has 1 aromatic rings. The molecule has 104 valence electrons. The van der Waals surface area contributed by atoms with Crippen molar-refractivity contribution in [3.05, 3.63) is 35.4 Å². The lowest BCUT2D eigenvalue weighted by Gasteiger charge is -2.26. The minimum absolute atomic E-state index is 0.333. The van der Waals surface area contributed by atoms with Gasteiger partial charge in [-0.2, -0.15) is 0 Å². The molecule has 1 N–H and O–H groups in total. The monoisotopic (exact) mass is 259 g/mol. The summed E-state index contributed by atoms with van der Waals surface area (Å²) in [5, 5.41) is 3.67. The van der Waals surface area contributed by atoms with Gasteiger partial charge in [0.25, 0.3) is 0 Å². The summed E-state index contributed by atoms with van der Waals surface area (Å²) in [7, 11) is 1.82. The minimum Gasteiger partial charge on any atom is -0.384 e. The number of ether oxygens (including phenoxy) is 1. The van der Waals surface area contributed by atoms with Crippen LogP contribution in [0, 0.1) is 0 Å². The van der Waals surface area contributed by atoms with Crippen LogP contribution < -0.4 is 5.32 Å². The topological polar surface area (TPSA) is 21.3 Å². The van der Waals surface area contributed by atoms with Gasteiger partial charge in [0.1, 0.15) is 0 Å². The van der Waals surface area contributed by atoms with Crippen LogP contribution in [0.5, 0.6) is 0 Å². The van der Waals surface area contributed by atoms with Gasteiger partial charge in [-0.1, -0.05) is 30.7 Å². The molecule has 0 bridgehead atoms. The van der Waals surface area contributed by atoms with Gasteiger partial charge >= 0.3 is 0 Å². The first kappa shape index (κ1) is 13.1. The summed E-state index contributed by atoms with van der Waals surface area (Å²) in [6.45, 7) is 2.07. The fraction of sp³-hybridized carbons (Fsp3) is 0.647. The highest BCUT2D eigenvalue weighted by molar-refractivity contribution is 5.39. The second-order valence-corrected chi connectivity index (χ2v) is 6.22. The fourth-order valence-electron chi connectivity index (χ4n) is 3.50. The third-order valence-electron chi connectivity index (χ3n) is 4.74. The van der Waals surface area contributed by atoms with Crippen LogP contribution in [-0.4, -0.2) is 26.3 Å². The van der Waals surface area contributed by atoms with Crippen LogP contribution in [0.1, 0.15) is 43.2 Å². The lowest BCUT2D eigenvalue weighted by Crippen LogP contribution is -2.36. The van der Waals surface area contributed by atoms with Gasteiger partial charge in [0.2, 0.25) is 0 Å². The fourth-order valence-corrected chi connectivity index (χ4v) is 3.50. The first-order valence-corrected chi connectivity index (χ1v) is 7.65. The van der Waals surface area contributed by atoms with E-state index in [0.29, 0.717) is 11.5 Å². The summed E-state index contributed by atoms with van der Waals surface area (Å²) in [6, 6.07) is 9.69. The van der Waals surface area contributed by atoms with Crippen molar-refractivity contribution in [3.8, 4) is 0 Å². The van der Waals surface area contributed by atoms with Crippen LogP contribution >= 0.6 is 0 Å². The van der Waals surface area contributed by atoms with Gasteiger partial charge in [0.15, 0.2) is 0 Å². The maximum atomic E-state index is 5.45. The van der Waals surface area contributed by atoms with E-state index < -0.39 is 0 Å². The molecule has 0 aromatic heterocycles. The Morgan fingerprint density at radius 1 is 1.26 bits per heavy atom. The summed E-state index contributed by atoms with van der Waals surface area (Å²) in [5.41, 5.74) is 3.42. The summed E-state index contributed by atoms with van der Waals surface area (Å²) in [4.78, 5) is 0. The summed E-state index contributed by atoms with van der Waals surface area (Å²) < 4.78 is 5.45. The molecular weight excluding hydrogens is 234 g/mol. The van der Waals surface area contributed by atoms with Crippen LogP contribution in [0.25, 0.3) is 0 Å². The van der Waals surface area contributed by atoms with Gasteiger partial charge in [-0.05, 0) is 49.8 Å². The first-order chi connectivity index (χ1) is 9.34. The van der Waals surface area contributed by atoms with Gasteiger partial charge in [0, 0.05) is 18.6 Å². The summed E-state index contributed by atoms with van der Waals surface area (Å²) >= 11 is 0. The number of rotatable bonds is 5. The Morgan fingerprint density at radius 3 is 2.79 bits per heavy atom. The van der Waals surface area contributed by atoms with Gasteiger partial charge in [-0.25, -0.2) is 0 Å². The van der Waals surface area contributed by atoms with Crippen molar-refractivity contribution in [1.82, 2.24) is 5.32 Å². The van der Waals surface area contributed by atoms with Crippen molar-refractivity contribution in [2.75, 3.05) is 20.3 Å². The lowest BCUT2D eigenvalue weighted by atomic mass is 9.87. The largest absolute Gasteiger partial charge is 0.384 e. The predicted molar refractivity (Wildman–Crippen MR) is 78.6 cm³/mol. The number of hydrogen-bond donors (Lipinski definition) is 1. The van der Waals surface area contributed by atoms with E-state index in [-0.39, 0.29) is 0 Å². The Labute approximate surface area is 116 Å². The van der Waals surface area contributed by atoms with Gasteiger partial charge in [0.05, 0.1) is 6.61 Å². The third kappa shape index (κ3) is 2.85. The van der Waals surface area contributed by atoms with Crippen LogP contribution in [0.4, 0.5) is 0 Å². The third-order valence-corrected chi connectivity index (χ3v) is 4.74. The van der Waals surface area contributed by atoms with Gasteiger partial charge in [-0.3, -0.25) is 0 Å². The van der Waals surface area contributed by atoms with E-state index in [9.17, 15) is 0 Å². The van der Waals surface area contributed by atoms with E-state index in [1.54, 1.807) is 5.56 Å². The van der Waals surface area contributed by atoms with Crippen molar-refractivity contribution in [2.24, 2.45) is 0 Å². The molecule has 1 aromatic carbocycles. The Balaban J connectivity index is 1.77. The van der Waals surface area contributed by atoms with E-state index in [1.807, 2.05) is 7.11 Å².